The summed E-state index contributed by atoms with van der Waals surface area (Å²) in [4.78, 5) is 30.9. The van der Waals surface area contributed by atoms with E-state index >= 15 is 0 Å². The third kappa shape index (κ3) is 5.38. The van der Waals surface area contributed by atoms with Gasteiger partial charge >= 0.3 is 0 Å². The molecule has 1 aromatic heterocycles. The third-order valence-electron chi connectivity index (χ3n) is 4.40. The second kappa shape index (κ2) is 8.94. The van der Waals surface area contributed by atoms with Crippen molar-refractivity contribution < 1.29 is 4.79 Å². The first-order chi connectivity index (χ1) is 13.1. The first kappa shape index (κ1) is 18.6. The Balaban J connectivity index is 1.75. The van der Waals surface area contributed by atoms with Crippen molar-refractivity contribution in [3.63, 3.8) is 0 Å². The van der Waals surface area contributed by atoms with Gasteiger partial charge < -0.3 is 4.90 Å². The van der Waals surface area contributed by atoms with E-state index in [1.807, 2.05) is 48.5 Å². The van der Waals surface area contributed by atoms with Crippen LogP contribution in [0.25, 0.3) is 0 Å². The van der Waals surface area contributed by atoms with Crippen molar-refractivity contribution in [1.29, 1.82) is 0 Å². The van der Waals surface area contributed by atoms with Crippen molar-refractivity contribution in [1.82, 2.24) is 14.5 Å². The van der Waals surface area contributed by atoms with Crippen LogP contribution in [-0.2, 0) is 24.3 Å². The van der Waals surface area contributed by atoms with E-state index in [1.54, 1.807) is 11.8 Å². The molecule has 0 spiro atoms. The molecule has 0 saturated carbocycles. The Kier molecular flexibility index (Phi) is 6.15. The fourth-order valence-corrected chi connectivity index (χ4v) is 2.89. The summed E-state index contributed by atoms with van der Waals surface area (Å²) in [6.07, 6.45) is 2.20. The van der Waals surface area contributed by atoms with Crippen LogP contribution >= 0.6 is 0 Å². The SMILES string of the molecule is Cc1cc(=O)n(CC(=O)N(CCc2ccccc2)Cc2ccccc2)cn1. The molecular weight excluding hydrogens is 338 g/mol. The molecule has 0 saturated heterocycles. The third-order valence-corrected chi connectivity index (χ3v) is 4.40. The molecule has 0 radical (unpaired) electrons. The van der Waals surface area contributed by atoms with Crippen molar-refractivity contribution in [3.05, 3.63) is 100 Å². The Morgan fingerprint density at radius 2 is 1.63 bits per heavy atom. The Morgan fingerprint density at radius 3 is 2.26 bits per heavy atom. The van der Waals surface area contributed by atoms with Crippen LogP contribution in [0.5, 0.6) is 0 Å². The highest BCUT2D eigenvalue weighted by molar-refractivity contribution is 5.76. The number of amides is 1. The predicted molar refractivity (Wildman–Crippen MR) is 105 cm³/mol. The zero-order chi connectivity index (χ0) is 19.1. The molecule has 5 nitrogen and oxygen atoms in total. The number of aromatic nitrogens is 2. The lowest BCUT2D eigenvalue weighted by molar-refractivity contribution is -0.132. The van der Waals surface area contributed by atoms with E-state index in [1.165, 1.54) is 22.5 Å². The van der Waals surface area contributed by atoms with E-state index < -0.39 is 0 Å². The number of hydrogen-bond donors (Lipinski definition) is 0. The lowest BCUT2D eigenvalue weighted by atomic mass is 10.1. The smallest absolute Gasteiger partial charge is 0.253 e. The van der Waals surface area contributed by atoms with E-state index in [9.17, 15) is 9.59 Å². The fourth-order valence-electron chi connectivity index (χ4n) is 2.89. The van der Waals surface area contributed by atoms with Gasteiger partial charge in [0.2, 0.25) is 5.91 Å². The van der Waals surface area contributed by atoms with Gasteiger partial charge in [-0.25, -0.2) is 4.98 Å². The largest absolute Gasteiger partial charge is 0.336 e. The summed E-state index contributed by atoms with van der Waals surface area (Å²) >= 11 is 0. The van der Waals surface area contributed by atoms with E-state index in [2.05, 4.69) is 17.1 Å². The lowest BCUT2D eigenvalue weighted by Gasteiger charge is -2.23. The average Bonchev–Trinajstić information content (AvgIpc) is 2.69. The van der Waals surface area contributed by atoms with Crippen LogP contribution in [0, 0.1) is 6.92 Å². The van der Waals surface area contributed by atoms with Gasteiger partial charge in [0.05, 0.1) is 6.33 Å². The molecule has 0 N–H and O–H groups in total. The molecule has 0 atom stereocenters. The average molecular weight is 361 g/mol. The molecule has 5 heteroatoms. The molecule has 1 heterocycles. The van der Waals surface area contributed by atoms with Crippen LogP contribution in [0.2, 0.25) is 0 Å². The van der Waals surface area contributed by atoms with Gasteiger partial charge in [0.1, 0.15) is 6.54 Å². The summed E-state index contributed by atoms with van der Waals surface area (Å²) in [7, 11) is 0. The van der Waals surface area contributed by atoms with Gasteiger partial charge in [0, 0.05) is 24.8 Å². The van der Waals surface area contributed by atoms with E-state index in [-0.39, 0.29) is 18.0 Å². The number of carbonyl (C=O) groups excluding carboxylic acids is 1. The second-order valence-electron chi connectivity index (χ2n) is 6.53. The van der Waals surface area contributed by atoms with Gasteiger partial charge in [-0.1, -0.05) is 60.7 Å². The van der Waals surface area contributed by atoms with Gasteiger partial charge in [-0.05, 0) is 24.5 Å². The molecule has 0 fully saturated rings. The van der Waals surface area contributed by atoms with Crippen LogP contribution in [-0.4, -0.2) is 26.9 Å². The van der Waals surface area contributed by atoms with Crippen molar-refractivity contribution >= 4 is 5.91 Å². The van der Waals surface area contributed by atoms with E-state index in [4.69, 9.17) is 0 Å². The summed E-state index contributed by atoms with van der Waals surface area (Å²) in [6.45, 7) is 2.86. The first-order valence-corrected chi connectivity index (χ1v) is 9.00. The molecule has 2 aromatic carbocycles. The van der Waals surface area contributed by atoms with Gasteiger partial charge in [0.15, 0.2) is 0 Å². The number of rotatable bonds is 7. The minimum Gasteiger partial charge on any atom is -0.336 e. The maximum absolute atomic E-state index is 12.9. The zero-order valence-corrected chi connectivity index (χ0v) is 15.4. The Bertz CT molecular complexity index is 937. The normalized spacial score (nSPS) is 10.6. The first-order valence-electron chi connectivity index (χ1n) is 9.00. The van der Waals surface area contributed by atoms with Crippen molar-refractivity contribution in [3.8, 4) is 0 Å². The van der Waals surface area contributed by atoms with Crippen LogP contribution in [0.1, 0.15) is 16.8 Å². The molecule has 0 aliphatic carbocycles. The number of carbonyl (C=O) groups is 1. The lowest BCUT2D eigenvalue weighted by Crippen LogP contribution is -2.37. The number of aryl methyl sites for hydroxylation is 1. The van der Waals surface area contributed by atoms with Crippen LogP contribution < -0.4 is 5.56 Å². The van der Waals surface area contributed by atoms with Gasteiger partial charge in [-0.15, -0.1) is 0 Å². The molecular formula is C22H23N3O2. The molecule has 0 unspecified atom stereocenters. The Morgan fingerprint density at radius 1 is 1.00 bits per heavy atom. The van der Waals surface area contributed by atoms with E-state index in [0.29, 0.717) is 18.8 Å². The molecule has 27 heavy (non-hydrogen) atoms. The number of benzene rings is 2. The van der Waals surface area contributed by atoms with Crippen molar-refractivity contribution in [2.24, 2.45) is 0 Å². The van der Waals surface area contributed by atoms with Crippen molar-refractivity contribution in [2.75, 3.05) is 6.54 Å². The minimum absolute atomic E-state index is 0.00621. The summed E-state index contributed by atoms with van der Waals surface area (Å²) in [5.41, 5.74) is 2.68. The van der Waals surface area contributed by atoms with Gasteiger partial charge in [0.25, 0.3) is 5.56 Å². The summed E-state index contributed by atoms with van der Waals surface area (Å²) in [5, 5.41) is 0. The predicted octanol–water partition coefficient (Wildman–Crippen LogP) is 2.82. The highest BCUT2D eigenvalue weighted by Crippen LogP contribution is 2.08. The molecule has 1 amide bonds. The Labute approximate surface area is 158 Å². The second-order valence-corrected chi connectivity index (χ2v) is 6.53. The van der Waals surface area contributed by atoms with Crippen molar-refractivity contribution in [2.45, 2.75) is 26.4 Å². The molecule has 3 rings (SSSR count). The standard InChI is InChI=1S/C22H23N3O2/c1-18-14-21(26)25(17-23-18)16-22(27)24(15-20-10-6-3-7-11-20)13-12-19-8-4-2-5-9-19/h2-11,14,17H,12-13,15-16H2,1H3. The fraction of sp³-hybridized carbons (Fsp3) is 0.227. The summed E-state index contributed by atoms with van der Waals surface area (Å²) in [5.74, 6) is -0.0949. The van der Waals surface area contributed by atoms with Crippen LogP contribution in [0.3, 0.4) is 0 Å². The highest BCUT2D eigenvalue weighted by Gasteiger charge is 2.15. The molecule has 138 valence electrons. The summed E-state index contributed by atoms with van der Waals surface area (Å²) < 4.78 is 1.36. The van der Waals surface area contributed by atoms with Crippen LogP contribution in [0.15, 0.2) is 77.9 Å². The monoisotopic (exact) mass is 361 g/mol. The minimum atomic E-state index is -0.210. The number of nitrogens with zero attached hydrogens (tertiary/aromatic N) is 3. The Hall–Kier alpha value is -3.21. The maximum Gasteiger partial charge on any atom is 0.253 e. The molecule has 0 aliphatic heterocycles. The topological polar surface area (TPSA) is 55.2 Å². The quantitative estimate of drug-likeness (QED) is 0.650. The van der Waals surface area contributed by atoms with Gasteiger partial charge in [-0.2, -0.15) is 0 Å². The van der Waals surface area contributed by atoms with Gasteiger partial charge in [-0.3, -0.25) is 14.2 Å². The summed E-state index contributed by atoms with van der Waals surface area (Å²) in [6, 6.07) is 21.4. The zero-order valence-electron chi connectivity index (χ0n) is 15.4. The van der Waals surface area contributed by atoms with E-state index in [0.717, 1.165) is 12.0 Å². The highest BCUT2D eigenvalue weighted by atomic mass is 16.2. The molecule has 3 aromatic rings. The number of hydrogen-bond acceptors (Lipinski definition) is 3. The molecule has 0 aliphatic rings. The molecule has 0 bridgehead atoms. The van der Waals surface area contributed by atoms with Crippen LogP contribution in [0.4, 0.5) is 0 Å². The maximum atomic E-state index is 12.9.